The first-order chi connectivity index (χ1) is 9.81. The number of anilines is 1. The number of rotatable bonds is 9. The molecule has 0 radical (unpaired) electrons. The van der Waals surface area contributed by atoms with Gasteiger partial charge in [-0.05, 0) is 51.0 Å². The highest BCUT2D eigenvalue weighted by atomic mass is 32.1. The molecule has 4 heteroatoms. The van der Waals surface area contributed by atoms with Crippen LogP contribution in [0.3, 0.4) is 0 Å². The van der Waals surface area contributed by atoms with Crippen LogP contribution in [0.1, 0.15) is 56.5 Å². The van der Waals surface area contributed by atoms with Crippen LogP contribution in [0, 0.1) is 5.92 Å². The van der Waals surface area contributed by atoms with Gasteiger partial charge in [-0.15, -0.1) is 11.3 Å². The van der Waals surface area contributed by atoms with Crippen molar-refractivity contribution in [2.75, 3.05) is 18.0 Å². The number of nitrogens with one attached hydrogen (secondary N) is 1. The molecule has 1 aromatic rings. The fraction of sp³-hybridized carbons (Fsp3) is 0.812. The molecular weight excluding hydrogens is 266 g/mol. The summed E-state index contributed by atoms with van der Waals surface area (Å²) in [6, 6.07) is 0.794. The molecule has 3 nitrogen and oxygen atoms in total. The van der Waals surface area contributed by atoms with Gasteiger partial charge in [0.05, 0.1) is 5.69 Å². The van der Waals surface area contributed by atoms with E-state index in [0.29, 0.717) is 0 Å². The van der Waals surface area contributed by atoms with E-state index in [-0.39, 0.29) is 0 Å². The highest BCUT2D eigenvalue weighted by Crippen LogP contribution is 2.39. The molecule has 1 N–H and O–H groups in total. The van der Waals surface area contributed by atoms with Gasteiger partial charge in [0, 0.05) is 24.0 Å². The van der Waals surface area contributed by atoms with Crippen LogP contribution in [0.15, 0.2) is 0 Å². The normalized spacial score (nSPS) is 18.5. The third-order valence-electron chi connectivity index (χ3n) is 4.20. The zero-order valence-corrected chi connectivity index (χ0v) is 13.6. The lowest BCUT2D eigenvalue weighted by molar-refractivity contribution is 0.676. The van der Waals surface area contributed by atoms with Crippen LogP contribution in [0.5, 0.6) is 0 Å². The Hall–Kier alpha value is -0.610. The molecular formula is C16H27N3S. The van der Waals surface area contributed by atoms with Crippen molar-refractivity contribution < 1.29 is 0 Å². The second-order valence-corrected chi connectivity index (χ2v) is 7.29. The smallest absolute Gasteiger partial charge is 0.186 e. The third-order valence-corrected chi connectivity index (χ3v) is 5.33. The summed E-state index contributed by atoms with van der Waals surface area (Å²) in [6.07, 6.45) is 7.86. The second kappa shape index (κ2) is 6.44. The van der Waals surface area contributed by atoms with E-state index in [0.717, 1.165) is 31.5 Å². The van der Waals surface area contributed by atoms with Crippen molar-refractivity contribution in [2.45, 2.75) is 65.0 Å². The Labute approximate surface area is 126 Å². The minimum Gasteiger partial charge on any atom is -0.345 e. The Morgan fingerprint density at radius 3 is 2.65 bits per heavy atom. The van der Waals surface area contributed by atoms with Gasteiger partial charge in [0.1, 0.15) is 0 Å². The molecule has 0 spiro atoms. The lowest BCUT2D eigenvalue weighted by Gasteiger charge is -2.21. The molecule has 2 saturated carbocycles. The Morgan fingerprint density at radius 1 is 1.25 bits per heavy atom. The lowest BCUT2D eigenvalue weighted by Crippen LogP contribution is -2.27. The molecule has 0 amide bonds. The van der Waals surface area contributed by atoms with Crippen LogP contribution in [-0.2, 0) is 13.0 Å². The van der Waals surface area contributed by atoms with E-state index >= 15 is 0 Å². The van der Waals surface area contributed by atoms with Gasteiger partial charge in [-0.1, -0.05) is 13.8 Å². The molecule has 0 bridgehead atoms. The molecule has 0 atom stereocenters. The van der Waals surface area contributed by atoms with E-state index in [2.05, 4.69) is 24.1 Å². The highest BCUT2D eigenvalue weighted by Gasteiger charge is 2.35. The maximum atomic E-state index is 4.95. The average molecular weight is 293 g/mol. The van der Waals surface area contributed by atoms with Crippen molar-refractivity contribution in [3.8, 4) is 0 Å². The van der Waals surface area contributed by atoms with E-state index in [4.69, 9.17) is 4.98 Å². The zero-order valence-electron chi connectivity index (χ0n) is 12.8. The molecule has 3 rings (SSSR count). The summed E-state index contributed by atoms with van der Waals surface area (Å²) in [4.78, 5) is 9.03. The van der Waals surface area contributed by atoms with Crippen LogP contribution in [0.25, 0.3) is 0 Å². The number of aromatic nitrogens is 1. The summed E-state index contributed by atoms with van der Waals surface area (Å²) < 4.78 is 0. The fourth-order valence-corrected chi connectivity index (χ4v) is 3.83. The molecule has 2 fully saturated rings. The number of hydrogen-bond acceptors (Lipinski definition) is 4. The van der Waals surface area contributed by atoms with Crippen LogP contribution in [-0.4, -0.2) is 24.1 Å². The number of thiazole rings is 1. The van der Waals surface area contributed by atoms with Gasteiger partial charge in [0.2, 0.25) is 0 Å². The van der Waals surface area contributed by atoms with Gasteiger partial charge in [0.15, 0.2) is 5.13 Å². The van der Waals surface area contributed by atoms with Crippen molar-refractivity contribution in [2.24, 2.45) is 5.92 Å². The van der Waals surface area contributed by atoms with Crippen LogP contribution < -0.4 is 10.2 Å². The summed E-state index contributed by atoms with van der Waals surface area (Å²) in [5.74, 6) is 0.950. The van der Waals surface area contributed by atoms with Crippen molar-refractivity contribution in [1.29, 1.82) is 0 Å². The molecule has 20 heavy (non-hydrogen) atoms. The minimum atomic E-state index is 0.794. The first kappa shape index (κ1) is 14.3. The van der Waals surface area contributed by atoms with E-state index in [9.17, 15) is 0 Å². The van der Waals surface area contributed by atoms with Crippen LogP contribution >= 0.6 is 11.3 Å². The van der Waals surface area contributed by atoms with E-state index < -0.39 is 0 Å². The molecule has 112 valence electrons. The highest BCUT2D eigenvalue weighted by molar-refractivity contribution is 7.15. The SMILES string of the molecule is CCCNCc1sc(N(CC2CC2)C2CC2)nc1CC. The summed E-state index contributed by atoms with van der Waals surface area (Å²) in [7, 11) is 0. The van der Waals surface area contributed by atoms with Gasteiger partial charge in [-0.3, -0.25) is 0 Å². The minimum absolute atomic E-state index is 0.794. The Bertz CT molecular complexity index is 435. The van der Waals surface area contributed by atoms with Crippen molar-refractivity contribution in [3.05, 3.63) is 10.6 Å². The lowest BCUT2D eigenvalue weighted by atomic mass is 10.3. The largest absolute Gasteiger partial charge is 0.345 e. The summed E-state index contributed by atoms with van der Waals surface area (Å²) in [5, 5.41) is 4.82. The number of hydrogen-bond donors (Lipinski definition) is 1. The Balaban J connectivity index is 1.70. The first-order valence-electron chi connectivity index (χ1n) is 8.27. The fourth-order valence-electron chi connectivity index (χ4n) is 2.63. The molecule has 2 aliphatic rings. The maximum Gasteiger partial charge on any atom is 0.186 e. The van der Waals surface area contributed by atoms with Crippen LogP contribution in [0.4, 0.5) is 5.13 Å². The Morgan fingerprint density at radius 2 is 2.05 bits per heavy atom. The number of aryl methyl sites for hydroxylation is 1. The van der Waals surface area contributed by atoms with Gasteiger partial charge in [0.25, 0.3) is 0 Å². The quantitative estimate of drug-likeness (QED) is 0.705. The van der Waals surface area contributed by atoms with Gasteiger partial charge in [-0.2, -0.15) is 0 Å². The van der Waals surface area contributed by atoms with Gasteiger partial charge >= 0.3 is 0 Å². The maximum absolute atomic E-state index is 4.95. The molecule has 0 saturated heterocycles. The standard InChI is InChI=1S/C16H27N3S/c1-3-9-17-10-15-14(4-2)18-16(20-15)19(13-7-8-13)11-12-5-6-12/h12-13,17H,3-11H2,1-2H3. The third kappa shape index (κ3) is 3.53. The molecule has 1 heterocycles. The summed E-state index contributed by atoms with van der Waals surface area (Å²) >= 11 is 1.93. The second-order valence-electron chi connectivity index (χ2n) is 6.22. The van der Waals surface area contributed by atoms with Crippen molar-refractivity contribution in [1.82, 2.24) is 10.3 Å². The van der Waals surface area contributed by atoms with Crippen LogP contribution in [0.2, 0.25) is 0 Å². The van der Waals surface area contributed by atoms with Crippen molar-refractivity contribution in [3.63, 3.8) is 0 Å². The van der Waals surface area contributed by atoms with Crippen molar-refractivity contribution >= 4 is 16.5 Å². The molecule has 1 aromatic heterocycles. The van der Waals surface area contributed by atoms with Gasteiger partial charge < -0.3 is 10.2 Å². The molecule has 2 aliphatic carbocycles. The van der Waals surface area contributed by atoms with E-state index in [1.54, 1.807) is 0 Å². The first-order valence-corrected chi connectivity index (χ1v) is 9.09. The van der Waals surface area contributed by atoms with E-state index in [1.807, 2.05) is 11.3 Å². The molecule has 0 unspecified atom stereocenters. The predicted molar refractivity (Wildman–Crippen MR) is 86.6 cm³/mol. The Kier molecular flexibility index (Phi) is 4.61. The van der Waals surface area contributed by atoms with Gasteiger partial charge in [-0.25, -0.2) is 4.98 Å². The molecule has 0 aliphatic heterocycles. The average Bonchev–Trinajstić information content (AvgIpc) is 3.35. The monoisotopic (exact) mass is 293 g/mol. The van der Waals surface area contributed by atoms with E-state index in [1.165, 1.54) is 54.4 Å². The predicted octanol–water partition coefficient (Wildman–Crippen LogP) is 3.58. The number of nitrogens with zero attached hydrogens (tertiary/aromatic N) is 2. The topological polar surface area (TPSA) is 28.2 Å². The summed E-state index contributed by atoms with van der Waals surface area (Å²) in [6.45, 7) is 7.80. The molecule has 0 aromatic carbocycles. The summed E-state index contributed by atoms with van der Waals surface area (Å²) in [5.41, 5.74) is 1.31. The zero-order chi connectivity index (χ0) is 13.9.